The van der Waals surface area contributed by atoms with E-state index in [0.717, 1.165) is 17.7 Å². The monoisotopic (exact) mass is 296 g/mol. The molecule has 0 fully saturated rings. The van der Waals surface area contributed by atoms with Crippen LogP contribution in [0.1, 0.15) is 28.4 Å². The molecule has 5 heteroatoms. The number of nitro benzene ring substituents is 1. The third kappa shape index (κ3) is 2.15. The normalized spacial score (nSPS) is 16.5. The van der Waals surface area contributed by atoms with Gasteiger partial charge in [0, 0.05) is 17.3 Å². The summed E-state index contributed by atoms with van der Waals surface area (Å²) in [6.45, 7) is 3.61. The van der Waals surface area contributed by atoms with Gasteiger partial charge in [0.15, 0.2) is 0 Å². The van der Waals surface area contributed by atoms with E-state index in [0.29, 0.717) is 5.56 Å². The van der Waals surface area contributed by atoms with Crippen molar-refractivity contribution in [1.82, 2.24) is 0 Å². The van der Waals surface area contributed by atoms with Crippen LogP contribution >= 0.6 is 0 Å². The predicted molar refractivity (Wildman–Crippen MR) is 84.3 cm³/mol. The zero-order valence-corrected chi connectivity index (χ0v) is 12.4. The van der Waals surface area contributed by atoms with Gasteiger partial charge in [-0.15, -0.1) is 0 Å². The van der Waals surface area contributed by atoms with Crippen LogP contribution in [-0.2, 0) is 6.42 Å². The second kappa shape index (κ2) is 5.26. The largest absolute Gasteiger partial charge is 0.305 e. The van der Waals surface area contributed by atoms with Crippen LogP contribution in [0.2, 0.25) is 0 Å². The maximum absolute atomic E-state index is 12.9. The highest BCUT2D eigenvalue weighted by atomic mass is 16.6. The lowest BCUT2D eigenvalue weighted by Gasteiger charge is -2.22. The molecule has 2 aromatic rings. The molecule has 22 heavy (non-hydrogen) atoms. The van der Waals surface area contributed by atoms with Gasteiger partial charge in [-0.1, -0.05) is 30.3 Å². The zero-order valence-electron chi connectivity index (χ0n) is 12.4. The second-order valence-electron chi connectivity index (χ2n) is 5.59. The molecule has 2 aromatic carbocycles. The van der Waals surface area contributed by atoms with Gasteiger partial charge in [0.05, 0.1) is 4.92 Å². The van der Waals surface area contributed by atoms with Crippen LogP contribution in [0, 0.1) is 17.0 Å². The number of carbonyl (C=O) groups excluding carboxylic acids is 1. The molecule has 0 unspecified atom stereocenters. The number of hydrogen-bond donors (Lipinski definition) is 0. The molecule has 0 aromatic heterocycles. The Morgan fingerprint density at radius 3 is 2.68 bits per heavy atom. The number of benzene rings is 2. The van der Waals surface area contributed by atoms with Crippen LogP contribution in [0.4, 0.5) is 11.4 Å². The van der Waals surface area contributed by atoms with Gasteiger partial charge in [0.25, 0.3) is 11.6 Å². The zero-order chi connectivity index (χ0) is 15.9. The molecule has 0 bridgehead atoms. The summed E-state index contributed by atoms with van der Waals surface area (Å²) in [5.74, 6) is -0.312. The standard InChI is InChI=1S/C17H16N2O3/c1-11-6-5-8-14(16(11)19(21)22)17(20)18-12(2)10-13-7-3-4-9-15(13)18/h3-9,12H,10H2,1-2H3/t12-/m1/s1. The molecule has 1 atom stereocenters. The van der Waals surface area contributed by atoms with E-state index in [1.807, 2.05) is 31.2 Å². The van der Waals surface area contributed by atoms with E-state index in [1.54, 1.807) is 24.0 Å². The highest BCUT2D eigenvalue weighted by Crippen LogP contribution is 2.35. The maximum atomic E-state index is 12.9. The van der Waals surface area contributed by atoms with Crippen LogP contribution < -0.4 is 4.90 Å². The fraction of sp³-hybridized carbons (Fsp3) is 0.235. The van der Waals surface area contributed by atoms with Gasteiger partial charge in [-0.25, -0.2) is 0 Å². The third-order valence-electron chi connectivity index (χ3n) is 4.08. The molecule has 3 rings (SSSR count). The second-order valence-corrected chi connectivity index (χ2v) is 5.59. The number of hydrogen-bond acceptors (Lipinski definition) is 3. The lowest BCUT2D eigenvalue weighted by Crippen LogP contribution is -2.36. The van der Waals surface area contributed by atoms with Gasteiger partial charge in [0.2, 0.25) is 0 Å². The first kappa shape index (κ1) is 14.3. The third-order valence-corrected chi connectivity index (χ3v) is 4.08. The number of anilines is 1. The smallest absolute Gasteiger partial charge is 0.285 e. The summed E-state index contributed by atoms with van der Waals surface area (Å²) < 4.78 is 0. The quantitative estimate of drug-likeness (QED) is 0.629. The molecule has 1 aliphatic heterocycles. The Labute approximate surface area is 128 Å². The van der Waals surface area contributed by atoms with Crippen molar-refractivity contribution in [3.05, 3.63) is 69.3 Å². The van der Waals surface area contributed by atoms with E-state index >= 15 is 0 Å². The Morgan fingerprint density at radius 1 is 1.23 bits per heavy atom. The summed E-state index contributed by atoms with van der Waals surface area (Å²) in [4.78, 5) is 25.4. The summed E-state index contributed by atoms with van der Waals surface area (Å²) in [5, 5.41) is 11.3. The molecule has 0 radical (unpaired) electrons. The number of carbonyl (C=O) groups is 1. The average Bonchev–Trinajstić information content (AvgIpc) is 2.81. The lowest BCUT2D eigenvalue weighted by atomic mass is 10.1. The van der Waals surface area contributed by atoms with Gasteiger partial charge in [-0.3, -0.25) is 14.9 Å². The van der Waals surface area contributed by atoms with Gasteiger partial charge < -0.3 is 4.90 Å². The van der Waals surface area contributed by atoms with Crippen molar-refractivity contribution in [1.29, 1.82) is 0 Å². The highest BCUT2D eigenvalue weighted by molar-refractivity contribution is 6.10. The van der Waals surface area contributed by atoms with E-state index in [9.17, 15) is 14.9 Å². The number of nitrogens with zero attached hydrogens (tertiary/aromatic N) is 2. The molecule has 1 amide bonds. The summed E-state index contributed by atoms with van der Waals surface area (Å²) >= 11 is 0. The van der Waals surface area contributed by atoms with Crippen LogP contribution in [0.15, 0.2) is 42.5 Å². The average molecular weight is 296 g/mol. The molecule has 0 N–H and O–H groups in total. The maximum Gasteiger partial charge on any atom is 0.285 e. The lowest BCUT2D eigenvalue weighted by molar-refractivity contribution is -0.385. The Bertz CT molecular complexity index is 770. The van der Waals surface area contributed by atoms with Crippen molar-refractivity contribution < 1.29 is 9.72 Å². The Kier molecular flexibility index (Phi) is 3.41. The molecule has 0 saturated heterocycles. The van der Waals surface area contributed by atoms with Crippen LogP contribution in [0.25, 0.3) is 0 Å². The van der Waals surface area contributed by atoms with Gasteiger partial charge >= 0.3 is 0 Å². The molecule has 1 heterocycles. The van der Waals surface area contributed by atoms with Crippen LogP contribution in [0.5, 0.6) is 0 Å². The van der Waals surface area contributed by atoms with E-state index < -0.39 is 4.92 Å². The van der Waals surface area contributed by atoms with Crippen molar-refractivity contribution in [3.8, 4) is 0 Å². The molecule has 5 nitrogen and oxygen atoms in total. The van der Waals surface area contributed by atoms with Gasteiger partial charge in [-0.2, -0.15) is 0 Å². The number of amides is 1. The van der Waals surface area contributed by atoms with E-state index in [1.165, 1.54) is 6.07 Å². The van der Waals surface area contributed by atoms with Crippen molar-refractivity contribution in [2.24, 2.45) is 0 Å². The van der Waals surface area contributed by atoms with E-state index in [2.05, 4.69) is 0 Å². The number of aryl methyl sites for hydroxylation is 1. The fourth-order valence-corrected chi connectivity index (χ4v) is 3.08. The van der Waals surface area contributed by atoms with E-state index in [-0.39, 0.29) is 23.2 Å². The molecular weight excluding hydrogens is 280 g/mol. The first-order chi connectivity index (χ1) is 10.5. The summed E-state index contributed by atoms with van der Waals surface area (Å²) in [5.41, 5.74) is 2.48. The minimum Gasteiger partial charge on any atom is -0.305 e. The number of rotatable bonds is 2. The summed E-state index contributed by atoms with van der Waals surface area (Å²) in [6, 6.07) is 12.5. The Morgan fingerprint density at radius 2 is 1.95 bits per heavy atom. The summed E-state index contributed by atoms with van der Waals surface area (Å²) in [7, 11) is 0. The van der Waals surface area contributed by atoms with E-state index in [4.69, 9.17) is 0 Å². The first-order valence-corrected chi connectivity index (χ1v) is 7.16. The van der Waals surface area contributed by atoms with Gasteiger partial charge in [-0.05, 0) is 38.0 Å². The first-order valence-electron chi connectivity index (χ1n) is 7.16. The minimum absolute atomic E-state index is 0.00924. The molecular formula is C17H16N2O3. The predicted octanol–water partition coefficient (Wildman–Crippen LogP) is 3.49. The van der Waals surface area contributed by atoms with Crippen molar-refractivity contribution in [2.45, 2.75) is 26.3 Å². The number of para-hydroxylation sites is 2. The van der Waals surface area contributed by atoms with Crippen molar-refractivity contribution >= 4 is 17.3 Å². The SMILES string of the molecule is Cc1cccc(C(=O)N2c3ccccc3C[C@H]2C)c1[N+](=O)[O-]. The number of fused-ring (bicyclic) bond motifs is 1. The molecule has 0 saturated carbocycles. The van der Waals surface area contributed by atoms with Crippen LogP contribution in [-0.4, -0.2) is 16.9 Å². The minimum atomic E-state index is -0.477. The molecule has 0 aliphatic carbocycles. The Balaban J connectivity index is 2.10. The van der Waals surface area contributed by atoms with Gasteiger partial charge in [0.1, 0.15) is 5.56 Å². The Hall–Kier alpha value is -2.69. The summed E-state index contributed by atoms with van der Waals surface area (Å²) in [6.07, 6.45) is 0.765. The fourth-order valence-electron chi connectivity index (χ4n) is 3.08. The molecule has 1 aliphatic rings. The topological polar surface area (TPSA) is 63.5 Å². The number of nitro groups is 1. The highest BCUT2D eigenvalue weighted by Gasteiger charge is 2.34. The molecule has 112 valence electrons. The van der Waals surface area contributed by atoms with Crippen LogP contribution in [0.3, 0.4) is 0 Å². The van der Waals surface area contributed by atoms with Crippen molar-refractivity contribution in [2.75, 3.05) is 4.90 Å². The molecule has 0 spiro atoms. The van der Waals surface area contributed by atoms with Crippen molar-refractivity contribution in [3.63, 3.8) is 0 Å².